The van der Waals surface area contributed by atoms with Crippen molar-refractivity contribution in [2.24, 2.45) is 7.05 Å². The van der Waals surface area contributed by atoms with Gasteiger partial charge in [0.1, 0.15) is 0 Å². The minimum Gasteiger partial charge on any atom is -0.377 e. The topological polar surface area (TPSA) is 52.0 Å². The molecule has 0 spiro atoms. The fourth-order valence-corrected chi connectivity index (χ4v) is 2.20. The molecule has 0 saturated carbocycles. The van der Waals surface area contributed by atoms with Gasteiger partial charge in [0.25, 0.3) is 0 Å². The van der Waals surface area contributed by atoms with Gasteiger partial charge in [-0.25, -0.2) is 4.68 Å². The van der Waals surface area contributed by atoms with Crippen molar-refractivity contribution < 1.29 is 4.74 Å². The number of ether oxygens (including phenoxy) is 1. The van der Waals surface area contributed by atoms with Gasteiger partial charge < -0.3 is 10.1 Å². The lowest BCUT2D eigenvalue weighted by Gasteiger charge is -2.33. The molecular formula is C10H19BrN4O. The van der Waals surface area contributed by atoms with Gasteiger partial charge in [-0.3, -0.25) is 0 Å². The number of halogens is 1. The standard InChI is InChI=1S/C10H19BrN4O/c1-6-12-8(10(2,3)16-5)7-9(11)13-14-15(7)4/h8,12H,6H2,1-5H3. The summed E-state index contributed by atoms with van der Waals surface area (Å²) in [6.45, 7) is 7.01. The maximum atomic E-state index is 5.53. The lowest BCUT2D eigenvalue weighted by atomic mass is 9.95. The molecule has 16 heavy (non-hydrogen) atoms. The Labute approximate surface area is 105 Å². The summed E-state index contributed by atoms with van der Waals surface area (Å²) in [5, 5.41) is 11.4. The number of aromatic nitrogens is 3. The largest absolute Gasteiger partial charge is 0.377 e. The van der Waals surface area contributed by atoms with Crippen LogP contribution in [0.4, 0.5) is 0 Å². The first-order valence-electron chi connectivity index (χ1n) is 5.27. The first kappa shape index (κ1) is 13.6. The van der Waals surface area contributed by atoms with Crippen LogP contribution < -0.4 is 5.32 Å². The van der Waals surface area contributed by atoms with E-state index in [2.05, 4.69) is 38.5 Å². The van der Waals surface area contributed by atoms with Gasteiger partial charge in [0.2, 0.25) is 0 Å². The number of likely N-dealkylation sites (N-methyl/N-ethyl adjacent to an activating group) is 1. The van der Waals surface area contributed by atoms with Crippen LogP contribution in [0.1, 0.15) is 32.5 Å². The van der Waals surface area contributed by atoms with Crippen molar-refractivity contribution in [2.45, 2.75) is 32.4 Å². The number of hydrogen-bond donors (Lipinski definition) is 1. The zero-order valence-electron chi connectivity index (χ0n) is 10.4. The smallest absolute Gasteiger partial charge is 0.153 e. The molecule has 1 atom stereocenters. The predicted octanol–water partition coefficient (Wildman–Crippen LogP) is 1.65. The Kier molecular flexibility index (Phi) is 4.46. The fourth-order valence-electron chi connectivity index (χ4n) is 1.64. The quantitative estimate of drug-likeness (QED) is 0.896. The van der Waals surface area contributed by atoms with Gasteiger partial charge in [0.05, 0.1) is 17.3 Å². The first-order valence-corrected chi connectivity index (χ1v) is 6.07. The number of methoxy groups -OCH3 is 1. The number of nitrogens with zero attached hydrogens (tertiary/aromatic N) is 3. The van der Waals surface area contributed by atoms with Crippen LogP contribution in [0.5, 0.6) is 0 Å². The van der Waals surface area contributed by atoms with Crippen molar-refractivity contribution in [3.05, 3.63) is 10.3 Å². The van der Waals surface area contributed by atoms with Gasteiger partial charge >= 0.3 is 0 Å². The molecule has 1 rings (SSSR count). The Hall–Kier alpha value is -0.460. The van der Waals surface area contributed by atoms with Crippen molar-refractivity contribution in [1.29, 1.82) is 0 Å². The van der Waals surface area contributed by atoms with E-state index in [9.17, 15) is 0 Å². The highest BCUT2D eigenvalue weighted by Gasteiger charge is 2.34. The van der Waals surface area contributed by atoms with Crippen molar-refractivity contribution in [1.82, 2.24) is 20.3 Å². The van der Waals surface area contributed by atoms with Crippen molar-refractivity contribution in [3.8, 4) is 0 Å². The van der Waals surface area contributed by atoms with E-state index >= 15 is 0 Å². The average molecular weight is 291 g/mol. The van der Waals surface area contributed by atoms with Crippen LogP contribution in [-0.4, -0.2) is 34.2 Å². The van der Waals surface area contributed by atoms with Crippen LogP contribution >= 0.6 is 15.9 Å². The second-order valence-corrected chi connectivity index (χ2v) is 4.94. The van der Waals surface area contributed by atoms with E-state index in [1.807, 2.05) is 20.9 Å². The molecule has 1 aromatic heterocycles. The minimum absolute atomic E-state index is 0.0388. The van der Waals surface area contributed by atoms with Crippen LogP contribution in [0.2, 0.25) is 0 Å². The zero-order chi connectivity index (χ0) is 12.3. The van der Waals surface area contributed by atoms with Gasteiger partial charge in [-0.05, 0) is 36.3 Å². The molecule has 0 bridgehead atoms. The van der Waals surface area contributed by atoms with E-state index in [0.717, 1.165) is 16.8 Å². The Morgan fingerprint density at radius 3 is 2.56 bits per heavy atom. The highest BCUT2D eigenvalue weighted by Crippen LogP contribution is 2.31. The number of aryl methyl sites for hydroxylation is 1. The molecule has 0 radical (unpaired) electrons. The van der Waals surface area contributed by atoms with Crippen LogP contribution in [0, 0.1) is 0 Å². The Morgan fingerprint density at radius 1 is 1.56 bits per heavy atom. The van der Waals surface area contributed by atoms with Crippen LogP contribution in [0.15, 0.2) is 4.60 Å². The fraction of sp³-hybridized carbons (Fsp3) is 0.800. The molecule has 0 aliphatic rings. The molecule has 1 N–H and O–H groups in total. The molecule has 0 aromatic carbocycles. The summed E-state index contributed by atoms with van der Waals surface area (Å²) in [5.41, 5.74) is 0.669. The van der Waals surface area contributed by atoms with Crippen LogP contribution in [0.3, 0.4) is 0 Å². The molecule has 92 valence electrons. The Bertz CT molecular complexity index is 331. The molecule has 0 saturated heterocycles. The number of hydrogen-bond acceptors (Lipinski definition) is 4. The van der Waals surface area contributed by atoms with E-state index in [4.69, 9.17) is 4.74 Å². The highest BCUT2D eigenvalue weighted by molar-refractivity contribution is 9.10. The third-order valence-corrected chi connectivity index (χ3v) is 3.29. The summed E-state index contributed by atoms with van der Waals surface area (Å²) in [4.78, 5) is 0. The zero-order valence-corrected chi connectivity index (χ0v) is 12.0. The molecule has 0 amide bonds. The van der Waals surface area contributed by atoms with E-state index in [-0.39, 0.29) is 11.6 Å². The normalized spacial score (nSPS) is 14.1. The number of nitrogens with one attached hydrogen (secondary N) is 1. The Morgan fingerprint density at radius 2 is 2.19 bits per heavy atom. The molecule has 0 fully saturated rings. The van der Waals surface area contributed by atoms with Crippen molar-refractivity contribution >= 4 is 15.9 Å². The molecule has 1 aromatic rings. The summed E-state index contributed by atoms with van der Waals surface area (Å²) < 4.78 is 8.05. The molecule has 6 heteroatoms. The molecule has 1 unspecified atom stereocenters. The maximum absolute atomic E-state index is 5.53. The summed E-state index contributed by atoms with van der Waals surface area (Å²) in [5.74, 6) is 0. The van der Waals surface area contributed by atoms with Gasteiger partial charge in [-0.15, -0.1) is 5.10 Å². The van der Waals surface area contributed by atoms with E-state index in [1.54, 1.807) is 11.8 Å². The molecule has 5 nitrogen and oxygen atoms in total. The van der Waals surface area contributed by atoms with Gasteiger partial charge in [-0.1, -0.05) is 12.1 Å². The lowest BCUT2D eigenvalue weighted by molar-refractivity contribution is -0.0130. The SMILES string of the molecule is CCNC(c1c(Br)nnn1C)C(C)(C)OC. The molecular weight excluding hydrogens is 272 g/mol. The lowest BCUT2D eigenvalue weighted by Crippen LogP contribution is -2.42. The monoisotopic (exact) mass is 290 g/mol. The van der Waals surface area contributed by atoms with Crippen molar-refractivity contribution in [2.75, 3.05) is 13.7 Å². The van der Waals surface area contributed by atoms with Crippen LogP contribution in [0.25, 0.3) is 0 Å². The maximum Gasteiger partial charge on any atom is 0.153 e. The average Bonchev–Trinajstić information content (AvgIpc) is 2.56. The van der Waals surface area contributed by atoms with E-state index in [0.29, 0.717) is 0 Å². The van der Waals surface area contributed by atoms with Crippen LogP contribution in [-0.2, 0) is 11.8 Å². The van der Waals surface area contributed by atoms with E-state index in [1.165, 1.54) is 0 Å². The second-order valence-electron chi connectivity index (χ2n) is 4.19. The second kappa shape index (κ2) is 5.25. The minimum atomic E-state index is -0.325. The van der Waals surface area contributed by atoms with Crippen molar-refractivity contribution in [3.63, 3.8) is 0 Å². The Balaban J connectivity index is 3.12. The molecule has 1 heterocycles. The number of rotatable bonds is 5. The third-order valence-electron chi connectivity index (χ3n) is 2.73. The third kappa shape index (κ3) is 2.61. The summed E-state index contributed by atoms with van der Waals surface area (Å²) >= 11 is 3.42. The van der Waals surface area contributed by atoms with E-state index < -0.39 is 0 Å². The highest BCUT2D eigenvalue weighted by atomic mass is 79.9. The summed E-state index contributed by atoms with van der Waals surface area (Å²) in [6.07, 6.45) is 0. The molecule has 0 aliphatic carbocycles. The molecule has 0 aliphatic heterocycles. The van der Waals surface area contributed by atoms with Gasteiger partial charge in [-0.2, -0.15) is 0 Å². The summed E-state index contributed by atoms with van der Waals surface area (Å²) in [6, 6.07) is 0.0388. The predicted molar refractivity (Wildman–Crippen MR) is 66.2 cm³/mol. The first-order chi connectivity index (χ1) is 7.44. The van der Waals surface area contributed by atoms with Gasteiger partial charge in [0.15, 0.2) is 4.60 Å². The summed E-state index contributed by atoms with van der Waals surface area (Å²) in [7, 11) is 3.59. The van der Waals surface area contributed by atoms with Gasteiger partial charge in [0, 0.05) is 14.2 Å².